The van der Waals surface area contributed by atoms with E-state index in [1.54, 1.807) is 0 Å². The van der Waals surface area contributed by atoms with E-state index >= 15 is 0 Å². The van der Waals surface area contributed by atoms with Gasteiger partial charge in [0, 0.05) is 40.3 Å². The maximum Gasteiger partial charge on any atom is 0.229 e. The highest BCUT2D eigenvalue weighted by Crippen LogP contribution is 2.28. The van der Waals surface area contributed by atoms with Crippen molar-refractivity contribution in [2.45, 2.75) is 13.0 Å². The van der Waals surface area contributed by atoms with Crippen molar-refractivity contribution in [1.82, 2.24) is 19.9 Å². The predicted molar refractivity (Wildman–Crippen MR) is 102 cm³/mol. The third-order valence-corrected chi connectivity index (χ3v) is 4.81. The van der Waals surface area contributed by atoms with Gasteiger partial charge in [0.15, 0.2) is 5.82 Å². The Labute approximate surface area is 153 Å². The van der Waals surface area contributed by atoms with Crippen LogP contribution in [0.15, 0.2) is 24.3 Å². The summed E-state index contributed by atoms with van der Waals surface area (Å²) in [5.41, 5.74) is 6.94. The molecule has 1 fully saturated rings. The van der Waals surface area contributed by atoms with Crippen LogP contribution in [0.3, 0.4) is 0 Å². The van der Waals surface area contributed by atoms with E-state index in [2.05, 4.69) is 37.7 Å². The SMILES string of the molecule is C[C@@H](c1nc(N)nc(N(C)C)n1)N1CCN(c2ccccc2Cl)CC1. The van der Waals surface area contributed by atoms with Crippen LogP contribution in [0, 0.1) is 0 Å². The Morgan fingerprint density at radius 2 is 1.76 bits per heavy atom. The maximum atomic E-state index is 6.32. The second-order valence-corrected chi connectivity index (χ2v) is 6.80. The molecule has 134 valence electrons. The molecule has 1 saturated heterocycles. The molecule has 1 aliphatic heterocycles. The number of rotatable bonds is 4. The van der Waals surface area contributed by atoms with Gasteiger partial charge in [-0.25, -0.2) is 0 Å². The molecular formula is C17H24ClN7. The van der Waals surface area contributed by atoms with Crippen LogP contribution in [0.25, 0.3) is 0 Å². The number of hydrogen-bond acceptors (Lipinski definition) is 7. The van der Waals surface area contributed by atoms with Crippen molar-refractivity contribution in [3.8, 4) is 0 Å². The molecule has 2 aromatic rings. The number of nitrogens with zero attached hydrogens (tertiary/aromatic N) is 6. The zero-order valence-corrected chi connectivity index (χ0v) is 15.6. The van der Waals surface area contributed by atoms with Crippen molar-refractivity contribution in [3.63, 3.8) is 0 Å². The van der Waals surface area contributed by atoms with Gasteiger partial charge < -0.3 is 15.5 Å². The van der Waals surface area contributed by atoms with Gasteiger partial charge in [-0.2, -0.15) is 15.0 Å². The van der Waals surface area contributed by atoms with Crippen molar-refractivity contribution < 1.29 is 0 Å². The quantitative estimate of drug-likeness (QED) is 0.893. The van der Waals surface area contributed by atoms with Gasteiger partial charge in [0.05, 0.1) is 16.8 Å². The average Bonchev–Trinajstić information content (AvgIpc) is 2.61. The van der Waals surface area contributed by atoms with Crippen molar-refractivity contribution in [3.05, 3.63) is 35.1 Å². The summed E-state index contributed by atoms with van der Waals surface area (Å²) in [4.78, 5) is 19.6. The number of benzene rings is 1. The lowest BCUT2D eigenvalue weighted by atomic mass is 10.2. The molecule has 1 aliphatic rings. The van der Waals surface area contributed by atoms with Crippen LogP contribution in [0.5, 0.6) is 0 Å². The molecule has 1 aromatic carbocycles. The number of halogens is 1. The van der Waals surface area contributed by atoms with Crippen molar-refractivity contribution in [1.29, 1.82) is 0 Å². The van der Waals surface area contributed by atoms with Gasteiger partial charge in [0.2, 0.25) is 11.9 Å². The fourth-order valence-corrected chi connectivity index (χ4v) is 3.26. The topological polar surface area (TPSA) is 74.4 Å². The van der Waals surface area contributed by atoms with E-state index in [4.69, 9.17) is 17.3 Å². The summed E-state index contributed by atoms with van der Waals surface area (Å²) in [5, 5.41) is 0.796. The highest BCUT2D eigenvalue weighted by Gasteiger charge is 2.25. The highest BCUT2D eigenvalue weighted by atomic mass is 35.5. The monoisotopic (exact) mass is 361 g/mol. The number of para-hydroxylation sites is 1. The van der Waals surface area contributed by atoms with Gasteiger partial charge in [-0.3, -0.25) is 4.90 Å². The number of hydrogen-bond donors (Lipinski definition) is 1. The van der Waals surface area contributed by atoms with Crippen LogP contribution in [-0.4, -0.2) is 60.1 Å². The predicted octanol–water partition coefficient (Wildman–Crippen LogP) is 2.06. The third kappa shape index (κ3) is 3.93. The average molecular weight is 362 g/mol. The first-order chi connectivity index (χ1) is 12.0. The fourth-order valence-electron chi connectivity index (χ4n) is 3.01. The zero-order chi connectivity index (χ0) is 18.0. The first-order valence-electron chi connectivity index (χ1n) is 8.38. The molecule has 25 heavy (non-hydrogen) atoms. The Morgan fingerprint density at radius 3 is 2.40 bits per heavy atom. The van der Waals surface area contributed by atoms with Crippen molar-refractivity contribution in [2.24, 2.45) is 0 Å². The lowest BCUT2D eigenvalue weighted by Crippen LogP contribution is -2.47. The lowest BCUT2D eigenvalue weighted by molar-refractivity contribution is 0.191. The molecule has 1 aromatic heterocycles. The summed E-state index contributed by atoms with van der Waals surface area (Å²) in [6.07, 6.45) is 0. The summed E-state index contributed by atoms with van der Waals surface area (Å²) in [6, 6.07) is 8.06. The first-order valence-corrected chi connectivity index (χ1v) is 8.76. The van der Waals surface area contributed by atoms with Crippen LogP contribution in [0.4, 0.5) is 17.6 Å². The van der Waals surface area contributed by atoms with Gasteiger partial charge in [0.1, 0.15) is 0 Å². The molecule has 0 bridgehead atoms. The minimum absolute atomic E-state index is 0.0809. The Hall–Kier alpha value is -2.12. The Morgan fingerprint density at radius 1 is 1.08 bits per heavy atom. The number of piperazine rings is 1. The Balaban J connectivity index is 1.70. The van der Waals surface area contributed by atoms with Crippen LogP contribution in [0.2, 0.25) is 5.02 Å². The molecule has 2 N–H and O–H groups in total. The van der Waals surface area contributed by atoms with E-state index in [-0.39, 0.29) is 12.0 Å². The summed E-state index contributed by atoms with van der Waals surface area (Å²) in [7, 11) is 3.79. The van der Waals surface area contributed by atoms with Gasteiger partial charge in [-0.15, -0.1) is 0 Å². The molecule has 8 heteroatoms. The van der Waals surface area contributed by atoms with Crippen molar-refractivity contribution in [2.75, 3.05) is 55.8 Å². The Kier molecular flexibility index (Phi) is 5.24. The van der Waals surface area contributed by atoms with Gasteiger partial charge in [-0.05, 0) is 19.1 Å². The summed E-state index contributed by atoms with van der Waals surface area (Å²) < 4.78 is 0. The molecule has 0 amide bonds. The zero-order valence-electron chi connectivity index (χ0n) is 14.9. The number of aromatic nitrogens is 3. The van der Waals surface area contributed by atoms with E-state index < -0.39 is 0 Å². The van der Waals surface area contributed by atoms with E-state index in [0.717, 1.165) is 36.9 Å². The fraction of sp³-hybridized carbons (Fsp3) is 0.471. The number of nitrogens with two attached hydrogens (primary N) is 1. The molecule has 0 saturated carbocycles. The Bertz CT molecular complexity index is 729. The maximum absolute atomic E-state index is 6.32. The first kappa shape index (κ1) is 17.7. The minimum atomic E-state index is 0.0809. The van der Waals surface area contributed by atoms with Crippen molar-refractivity contribution >= 4 is 29.2 Å². The molecule has 1 atom stereocenters. The van der Waals surface area contributed by atoms with Crippen LogP contribution in [0.1, 0.15) is 18.8 Å². The minimum Gasteiger partial charge on any atom is -0.368 e. The number of anilines is 3. The van der Waals surface area contributed by atoms with E-state index in [1.807, 2.05) is 37.2 Å². The van der Waals surface area contributed by atoms with Crippen LogP contribution >= 0.6 is 11.6 Å². The lowest BCUT2D eigenvalue weighted by Gasteiger charge is -2.38. The van der Waals surface area contributed by atoms with Gasteiger partial charge in [0.25, 0.3) is 0 Å². The van der Waals surface area contributed by atoms with Crippen LogP contribution in [-0.2, 0) is 0 Å². The van der Waals surface area contributed by atoms with Gasteiger partial charge >= 0.3 is 0 Å². The molecule has 0 spiro atoms. The molecule has 0 aliphatic carbocycles. The molecule has 0 radical (unpaired) electrons. The summed E-state index contributed by atoms with van der Waals surface area (Å²) in [6.45, 7) is 5.76. The van der Waals surface area contributed by atoms with E-state index in [1.165, 1.54) is 0 Å². The van der Waals surface area contributed by atoms with E-state index in [0.29, 0.717) is 11.8 Å². The smallest absolute Gasteiger partial charge is 0.229 e. The summed E-state index contributed by atoms with van der Waals surface area (Å²) >= 11 is 6.32. The normalized spacial score (nSPS) is 16.7. The third-order valence-electron chi connectivity index (χ3n) is 4.49. The molecule has 0 unspecified atom stereocenters. The van der Waals surface area contributed by atoms with Crippen LogP contribution < -0.4 is 15.5 Å². The molecule has 7 nitrogen and oxygen atoms in total. The molecule has 3 rings (SSSR count). The summed E-state index contributed by atoms with van der Waals surface area (Å²) in [5.74, 6) is 1.56. The largest absolute Gasteiger partial charge is 0.368 e. The number of nitrogen functional groups attached to an aromatic ring is 1. The highest BCUT2D eigenvalue weighted by molar-refractivity contribution is 6.33. The molecular weight excluding hydrogens is 338 g/mol. The van der Waals surface area contributed by atoms with Gasteiger partial charge in [-0.1, -0.05) is 23.7 Å². The van der Waals surface area contributed by atoms with E-state index in [9.17, 15) is 0 Å². The standard InChI is InChI=1S/C17H24ClN7/c1-12(15-20-16(19)22-17(21-15)23(2)3)24-8-10-25(11-9-24)14-7-5-4-6-13(14)18/h4-7,12H,8-11H2,1-3H3,(H2,19,20,21,22)/t12-/m0/s1. The second-order valence-electron chi connectivity index (χ2n) is 6.40. The molecule has 2 heterocycles. The second kappa shape index (κ2) is 7.41.